The molecule has 4 heteroatoms. The van der Waals surface area contributed by atoms with Crippen LogP contribution in [0.3, 0.4) is 0 Å². The normalized spacial score (nSPS) is 9.55. The second kappa shape index (κ2) is 2.92. The molecule has 0 radical (unpaired) electrons. The molecule has 11 heavy (non-hydrogen) atoms. The lowest BCUT2D eigenvalue weighted by atomic mass is 10.2. The predicted molar refractivity (Wildman–Crippen MR) is 48.4 cm³/mol. The summed E-state index contributed by atoms with van der Waals surface area (Å²) in [5, 5.41) is 0. The first-order valence-electron chi connectivity index (χ1n) is 2.95. The van der Waals surface area contributed by atoms with Crippen molar-refractivity contribution in [3.63, 3.8) is 0 Å². The van der Waals surface area contributed by atoms with Gasteiger partial charge in [-0.15, -0.1) is 0 Å². The summed E-state index contributed by atoms with van der Waals surface area (Å²) in [5.41, 5.74) is 12.3. The monoisotopic (exact) mass is 214 g/mol. The van der Waals surface area contributed by atoms with Crippen molar-refractivity contribution in [1.82, 2.24) is 0 Å². The van der Waals surface area contributed by atoms with Gasteiger partial charge in [0.05, 0.1) is 11.4 Å². The highest BCUT2D eigenvalue weighted by atomic mass is 79.9. The lowest BCUT2D eigenvalue weighted by molar-refractivity contribution is 0.112. The molecule has 0 fully saturated rings. The van der Waals surface area contributed by atoms with Crippen molar-refractivity contribution in [2.24, 2.45) is 0 Å². The number of rotatable bonds is 1. The van der Waals surface area contributed by atoms with E-state index in [0.717, 1.165) is 6.29 Å². The largest absolute Gasteiger partial charge is 0.397 e. The number of nitrogen functional groups attached to an aromatic ring is 2. The van der Waals surface area contributed by atoms with Gasteiger partial charge in [0.25, 0.3) is 0 Å². The summed E-state index contributed by atoms with van der Waals surface area (Å²) in [6.07, 6.45) is 0.722. The molecule has 58 valence electrons. The number of carbonyl (C=O) groups is 1. The van der Waals surface area contributed by atoms with Crippen LogP contribution < -0.4 is 11.5 Å². The molecule has 0 bridgehead atoms. The molecular weight excluding hydrogens is 208 g/mol. The maximum absolute atomic E-state index is 10.4. The van der Waals surface area contributed by atoms with Crippen LogP contribution in [0.2, 0.25) is 0 Å². The lowest BCUT2D eigenvalue weighted by Crippen LogP contribution is -1.96. The van der Waals surface area contributed by atoms with Crippen LogP contribution in [0.4, 0.5) is 11.4 Å². The van der Waals surface area contributed by atoms with Crippen molar-refractivity contribution < 1.29 is 4.79 Å². The average Bonchev–Trinajstić information content (AvgIpc) is 1.97. The molecule has 0 heterocycles. The Kier molecular flexibility index (Phi) is 2.14. The smallest absolute Gasteiger partial charge is 0.151 e. The summed E-state index contributed by atoms with van der Waals surface area (Å²) >= 11 is 3.17. The molecule has 0 atom stereocenters. The Morgan fingerprint density at radius 3 is 2.36 bits per heavy atom. The van der Waals surface area contributed by atoms with E-state index < -0.39 is 0 Å². The lowest BCUT2D eigenvalue weighted by Gasteiger charge is -2.01. The zero-order valence-corrected chi connectivity index (χ0v) is 7.26. The van der Waals surface area contributed by atoms with Gasteiger partial charge in [-0.05, 0) is 28.1 Å². The molecular formula is C7H7BrN2O. The van der Waals surface area contributed by atoms with E-state index in [1.54, 1.807) is 6.07 Å². The highest BCUT2D eigenvalue weighted by Crippen LogP contribution is 2.23. The predicted octanol–water partition coefficient (Wildman–Crippen LogP) is 1.43. The van der Waals surface area contributed by atoms with Crippen molar-refractivity contribution in [1.29, 1.82) is 0 Å². The van der Waals surface area contributed by atoms with Crippen molar-refractivity contribution in [3.8, 4) is 0 Å². The van der Waals surface area contributed by atoms with E-state index >= 15 is 0 Å². The molecule has 1 rings (SSSR count). The van der Waals surface area contributed by atoms with Gasteiger partial charge in [0.15, 0.2) is 6.29 Å². The molecule has 0 unspecified atom stereocenters. The maximum Gasteiger partial charge on any atom is 0.151 e. The van der Waals surface area contributed by atoms with Crippen molar-refractivity contribution >= 4 is 33.6 Å². The zero-order valence-electron chi connectivity index (χ0n) is 5.67. The van der Waals surface area contributed by atoms with Crippen LogP contribution in [0.1, 0.15) is 10.4 Å². The van der Waals surface area contributed by atoms with Gasteiger partial charge in [-0.1, -0.05) is 0 Å². The van der Waals surface area contributed by atoms with E-state index in [1.807, 2.05) is 0 Å². The molecule has 0 aliphatic heterocycles. The number of halogens is 1. The fourth-order valence-corrected chi connectivity index (χ4v) is 1.17. The number of carbonyl (C=O) groups excluding carboxylic acids is 1. The van der Waals surface area contributed by atoms with Crippen LogP contribution in [0.15, 0.2) is 16.6 Å². The minimum Gasteiger partial charge on any atom is -0.397 e. The van der Waals surface area contributed by atoms with Gasteiger partial charge in [-0.2, -0.15) is 0 Å². The van der Waals surface area contributed by atoms with Crippen LogP contribution in [0, 0.1) is 0 Å². The summed E-state index contributed by atoms with van der Waals surface area (Å²) in [6.45, 7) is 0. The average molecular weight is 215 g/mol. The summed E-state index contributed by atoms with van der Waals surface area (Å²) in [7, 11) is 0. The Morgan fingerprint density at radius 1 is 1.27 bits per heavy atom. The number of aldehydes is 1. The van der Waals surface area contributed by atoms with Crippen molar-refractivity contribution in [2.75, 3.05) is 11.5 Å². The standard InChI is InChI=1S/C7H7BrN2O/c8-5-2-7(10)6(9)1-4(5)3-11/h1-3H,9-10H2. The van der Waals surface area contributed by atoms with E-state index in [0.29, 0.717) is 21.4 Å². The van der Waals surface area contributed by atoms with Gasteiger partial charge >= 0.3 is 0 Å². The fourth-order valence-electron chi connectivity index (χ4n) is 0.713. The van der Waals surface area contributed by atoms with E-state index in [4.69, 9.17) is 11.5 Å². The molecule has 1 aromatic carbocycles. The third-order valence-electron chi connectivity index (χ3n) is 1.33. The first-order chi connectivity index (χ1) is 5.15. The minimum atomic E-state index is 0.426. The van der Waals surface area contributed by atoms with Crippen LogP contribution in [0.5, 0.6) is 0 Å². The first-order valence-corrected chi connectivity index (χ1v) is 3.74. The van der Waals surface area contributed by atoms with Gasteiger partial charge in [-0.25, -0.2) is 0 Å². The van der Waals surface area contributed by atoms with Crippen LogP contribution >= 0.6 is 15.9 Å². The second-order valence-electron chi connectivity index (χ2n) is 2.12. The Labute approximate surface area is 72.5 Å². The Balaban J connectivity index is 3.31. The third-order valence-corrected chi connectivity index (χ3v) is 2.02. The summed E-state index contributed by atoms with van der Waals surface area (Å²) in [4.78, 5) is 10.4. The fraction of sp³-hybridized carbons (Fsp3) is 0. The van der Waals surface area contributed by atoms with Crippen LogP contribution in [-0.2, 0) is 0 Å². The molecule has 1 aromatic rings. The molecule has 0 aromatic heterocycles. The molecule has 0 saturated carbocycles. The molecule has 0 aliphatic carbocycles. The van der Waals surface area contributed by atoms with Crippen LogP contribution in [-0.4, -0.2) is 6.29 Å². The molecule has 4 N–H and O–H groups in total. The van der Waals surface area contributed by atoms with Crippen LogP contribution in [0.25, 0.3) is 0 Å². The molecule has 3 nitrogen and oxygen atoms in total. The topological polar surface area (TPSA) is 69.1 Å². The Hall–Kier alpha value is -1.03. The van der Waals surface area contributed by atoms with Gasteiger partial charge in [0, 0.05) is 10.0 Å². The summed E-state index contributed by atoms with van der Waals surface area (Å²) in [6, 6.07) is 3.14. The number of hydrogen-bond donors (Lipinski definition) is 2. The Morgan fingerprint density at radius 2 is 1.82 bits per heavy atom. The maximum atomic E-state index is 10.4. The van der Waals surface area contributed by atoms with Crippen molar-refractivity contribution in [3.05, 3.63) is 22.2 Å². The molecule has 0 amide bonds. The highest BCUT2D eigenvalue weighted by molar-refractivity contribution is 9.10. The minimum absolute atomic E-state index is 0.426. The van der Waals surface area contributed by atoms with E-state index in [2.05, 4.69) is 15.9 Å². The molecule has 0 spiro atoms. The SMILES string of the molecule is Nc1cc(Br)c(C=O)cc1N. The zero-order chi connectivity index (χ0) is 8.43. The third kappa shape index (κ3) is 1.51. The Bertz CT molecular complexity index is 299. The molecule has 0 saturated heterocycles. The first kappa shape index (κ1) is 8.07. The van der Waals surface area contributed by atoms with Gasteiger partial charge in [0.1, 0.15) is 0 Å². The van der Waals surface area contributed by atoms with Gasteiger partial charge < -0.3 is 11.5 Å². The van der Waals surface area contributed by atoms with Crippen molar-refractivity contribution in [2.45, 2.75) is 0 Å². The highest BCUT2D eigenvalue weighted by Gasteiger charge is 2.01. The van der Waals surface area contributed by atoms with E-state index in [1.165, 1.54) is 6.07 Å². The number of hydrogen-bond acceptors (Lipinski definition) is 3. The molecule has 0 aliphatic rings. The number of anilines is 2. The summed E-state index contributed by atoms with van der Waals surface area (Å²) in [5.74, 6) is 0. The number of nitrogens with two attached hydrogens (primary N) is 2. The van der Waals surface area contributed by atoms with Gasteiger partial charge in [-0.3, -0.25) is 4.79 Å². The van der Waals surface area contributed by atoms with E-state index in [9.17, 15) is 4.79 Å². The second-order valence-corrected chi connectivity index (χ2v) is 2.97. The summed E-state index contributed by atoms with van der Waals surface area (Å²) < 4.78 is 0.666. The van der Waals surface area contributed by atoms with Gasteiger partial charge in [0.2, 0.25) is 0 Å². The van der Waals surface area contributed by atoms with E-state index in [-0.39, 0.29) is 0 Å². The quantitative estimate of drug-likeness (QED) is 0.549. The number of benzene rings is 1.